The Kier molecular flexibility index (Phi) is 5.05. The van der Waals surface area contributed by atoms with Crippen LogP contribution in [0.1, 0.15) is 60.7 Å². The summed E-state index contributed by atoms with van der Waals surface area (Å²) in [5, 5.41) is 6.94. The molecule has 5 nitrogen and oxygen atoms in total. The van der Waals surface area contributed by atoms with Gasteiger partial charge in [-0.25, -0.2) is 0 Å². The van der Waals surface area contributed by atoms with Gasteiger partial charge in [0.05, 0.1) is 0 Å². The average molecular weight is 300 g/mol. The fourth-order valence-electron chi connectivity index (χ4n) is 2.88. The van der Waals surface area contributed by atoms with E-state index in [0.29, 0.717) is 24.1 Å². The van der Waals surface area contributed by atoms with Crippen LogP contribution in [0.15, 0.2) is 10.6 Å². The Balaban J connectivity index is 0.00000147. The minimum atomic E-state index is -0.124. The van der Waals surface area contributed by atoms with Crippen LogP contribution >= 0.6 is 12.4 Å². The lowest BCUT2D eigenvalue weighted by Crippen LogP contribution is -2.44. The molecule has 0 radical (unpaired) electrons. The summed E-state index contributed by atoms with van der Waals surface area (Å²) in [5.74, 6) is 1.61. The van der Waals surface area contributed by atoms with Crippen LogP contribution < -0.4 is 11.1 Å². The Morgan fingerprint density at radius 2 is 2.10 bits per heavy atom. The van der Waals surface area contributed by atoms with Crippen LogP contribution in [0.2, 0.25) is 0 Å². The zero-order valence-corrected chi connectivity index (χ0v) is 12.3. The van der Waals surface area contributed by atoms with E-state index < -0.39 is 0 Å². The molecule has 6 heteroatoms. The number of nitrogens with one attached hydrogen (secondary N) is 1. The molecule has 3 N–H and O–H groups in total. The first-order valence-electron chi connectivity index (χ1n) is 7.25. The van der Waals surface area contributed by atoms with Gasteiger partial charge < -0.3 is 15.6 Å². The van der Waals surface area contributed by atoms with Crippen LogP contribution in [0.5, 0.6) is 0 Å². The lowest BCUT2D eigenvalue weighted by atomic mass is 9.84. The SMILES string of the molecule is Cl.NCC1CCCCC1NC(=O)c1cc(C2CC2)on1. The molecular weight excluding hydrogens is 278 g/mol. The summed E-state index contributed by atoms with van der Waals surface area (Å²) in [5.41, 5.74) is 6.18. The molecule has 0 bridgehead atoms. The van der Waals surface area contributed by atoms with Crippen molar-refractivity contribution in [2.24, 2.45) is 11.7 Å². The van der Waals surface area contributed by atoms with Crippen molar-refractivity contribution in [2.75, 3.05) is 6.54 Å². The third-order valence-electron chi connectivity index (χ3n) is 4.27. The minimum absolute atomic E-state index is 0. The third-order valence-corrected chi connectivity index (χ3v) is 4.27. The third kappa shape index (κ3) is 3.33. The summed E-state index contributed by atoms with van der Waals surface area (Å²) in [6, 6.07) is 1.97. The van der Waals surface area contributed by atoms with Crippen LogP contribution in [-0.4, -0.2) is 23.7 Å². The van der Waals surface area contributed by atoms with E-state index in [1.54, 1.807) is 6.07 Å². The van der Waals surface area contributed by atoms with Gasteiger partial charge >= 0.3 is 0 Å². The molecule has 2 fully saturated rings. The number of nitrogens with two attached hydrogens (primary N) is 1. The molecular formula is C14H22ClN3O2. The predicted octanol–water partition coefficient (Wildman–Crippen LogP) is 2.22. The van der Waals surface area contributed by atoms with Gasteiger partial charge in [0.25, 0.3) is 5.91 Å². The van der Waals surface area contributed by atoms with Crippen LogP contribution in [0.4, 0.5) is 0 Å². The summed E-state index contributed by atoms with van der Waals surface area (Å²) < 4.78 is 5.22. The van der Waals surface area contributed by atoms with E-state index in [4.69, 9.17) is 10.3 Å². The first-order chi connectivity index (χ1) is 9.28. The molecule has 1 amide bonds. The smallest absolute Gasteiger partial charge is 0.273 e. The van der Waals surface area contributed by atoms with Crippen LogP contribution in [0.25, 0.3) is 0 Å². The molecule has 2 atom stereocenters. The summed E-state index contributed by atoms with van der Waals surface area (Å²) in [4.78, 5) is 12.2. The predicted molar refractivity (Wildman–Crippen MR) is 78.0 cm³/mol. The van der Waals surface area contributed by atoms with E-state index in [1.165, 1.54) is 6.42 Å². The number of rotatable bonds is 4. The van der Waals surface area contributed by atoms with Gasteiger partial charge in [0.1, 0.15) is 5.76 Å². The minimum Gasteiger partial charge on any atom is -0.360 e. The molecule has 1 heterocycles. The van der Waals surface area contributed by atoms with Crippen molar-refractivity contribution in [3.63, 3.8) is 0 Å². The van der Waals surface area contributed by atoms with Crippen molar-refractivity contribution in [3.05, 3.63) is 17.5 Å². The van der Waals surface area contributed by atoms with Gasteiger partial charge in [0, 0.05) is 18.0 Å². The Bertz CT molecular complexity index is 459. The number of amides is 1. The largest absolute Gasteiger partial charge is 0.360 e. The Morgan fingerprint density at radius 1 is 1.35 bits per heavy atom. The quantitative estimate of drug-likeness (QED) is 0.893. The second-order valence-corrected chi connectivity index (χ2v) is 5.75. The molecule has 20 heavy (non-hydrogen) atoms. The lowest BCUT2D eigenvalue weighted by molar-refractivity contribution is 0.0898. The van der Waals surface area contributed by atoms with E-state index in [2.05, 4.69) is 10.5 Å². The highest BCUT2D eigenvalue weighted by atomic mass is 35.5. The first-order valence-corrected chi connectivity index (χ1v) is 7.25. The molecule has 2 unspecified atom stereocenters. The van der Waals surface area contributed by atoms with E-state index in [9.17, 15) is 4.79 Å². The van der Waals surface area contributed by atoms with E-state index in [1.807, 2.05) is 0 Å². The summed E-state index contributed by atoms with van der Waals surface area (Å²) in [7, 11) is 0. The van der Waals surface area contributed by atoms with Crippen LogP contribution in [0.3, 0.4) is 0 Å². The fraction of sp³-hybridized carbons (Fsp3) is 0.714. The van der Waals surface area contributed by atoms with Crippen molar-refractivity contribution in [2.45, 2.75) is 50.5 Å². The monoisotopic (exact) mass is 299 g/mol. The van der Waals surface area contributed by atoms with Crippen LogP contribution in [-0.2, 0) is 0 Å². The number of aromatic nitrogens is 1. The Hall–Kier alpha value is -1.07. The van der Waals surface area contributed by atoms with Crippen molar-refractivity contribution in [3.8, 4) is 0 Å². The van der Waals surface area contributed by atoms with Gasteiger partial charge in [-0.15, -0.1) is 12.4 Å². The number of carbonyl (C=O) groups excluding carboxylic acids is 1. The molecule has 2 aliphatic rings. The maximum atomic E-state index is 12.2. The molecule has 3 rings (SSSR count). The number of hydrogen-bond donors (Lipinski definition) is 2. The van der Waals surface area contributed by atoms with Gasteiger partial charge in [0.2, 0.25) is 0 Å². The molecule has 0 aliphatic heterocycles. The number of carbonyl (C=O) groups is 1. The van der Waals surface area contributed by atoms with Crippen LogP contribution in [0, 0.1) is 5.92 Å². The van der Waals surface area contributed by atoms with Gasteiger partial charge in [-0.1, -0.05) is 18.0 Å². The second kappa shape index (κ2) is 6.59. The van der Waals surface area contributed by atoms with Gasteiger partial charge in [-0.05, 0) is 38.1 Å². The molecule has 1 aromatic rings. The fourth-order valence-corrected chi connectivity index (χ4v) is 2.88. The highest BCUT2D eigenvalue weighted by Gasteiger charge is 2.30. The number of halogens is 1. The standard InChI is InChI=1S/C14H21N3O2.ClH/c15-8-10-3-1-2-4-11(10)16-14(18)12-7-13(19-17-12)9-5-6-9;/h7,9-11H,1-6,8,15H2,(H,16,18);1H. The van der Waals surface area contributed by atoms with Gasteiger partial charge in [-0.3, -0.25) is 4.79 Å². The van der Waals surface area contributed by atoms with E-state index in [-0.39, 0.29) is 24.4 Å². The summed E-state index contributed by atoms with van der Waals surface area (Å²) in [6.07, 6.45) is 6.79. The maximum Gasteiger partial charge on any atom is 0.273 e. The highest BCUT2D eigenvalue weighted by Crippen LogP contribution is 2.40. The molecule has 0 saturated heterocycles. The first kappa shape index (κ1) is 15.3. The second-order valence-electron chi connectivity index (χ2n) is 5.75. The Morgan fingerprint density at radius 3 is 2.80 bits per heavy atom. The maximum absolute atomic E-state index is 12.2. The van der Waals surface area contributed by atoms with Crippen molar-refractivity contribution in [1.82, 2.24) is 10.5 Å². The molecule has 0 aromatic carbocycles. The average Bonchev–Trinajstić information content (AvgIpc) is 3.17. The molecule has 2 saturated carbocycles. The molecule has 0 spiro atoms. The highest BCUT2D eigenvalue weighted by molar-refractivity contribution is 5.92. The van der Waals surface area contributed by atoms with Gasteiger partial charge in [-0.2, -0.15) is 0 Å². The Labute approximate surface area is 125 Å². The summed E-state index contributed by atoms with van der Waals surface area (Å²) in [6.45, 7) is 0.636. The van der Waals surface area contributed by atoms with E-state index in [0.717, 1.165) is 37.9 Å². The lowest BCUT2D eigenvalue weighted by Gasteiger charge is -2.30. The molecule has 112 valence electrons. The van der Waals surface area contributed by atoms with Crippen molar-refractivity contribution in [1.29, 1.82) is 0 Å². The van der Waals surface area contributed by atoms with E-state index >= 15 is 0 Å². The number of hydrogen-bond acceptors (Lipinski definition) is 4. The van der Waals surface area contributed by atoms with Crippen molar-refractivity contribution < 1.29 is 9.32 Å². The van der Waals surface area contributed by atoms with Gasteiger partial charge in [0.15, 0.2) is 5.69 Å². The number of nitrogens with zero attached hydrogens (tertiary/aromatic N) is 1. The normalized spacial score (nSPS) is 25.9. The van der Waals surface area contributed by atoms with Crippen molar-refractivity contribution >= 4 is 18.3 Å². The molecule has 2 aliphatic carbocycles. The zero-order valence-electron chi connectivity index (χ0n) is 11.5. The summed E-state index contributed by atoms with van der Waals surface area (Å²) >= 11 is 0. The topological polar surface area (TPSA) is 81.1 Å². The molecule has 1 aromatic heterocycles. The zero-order chi connectivity index (χ0) is 13.2.